The fourth-order valence-corrected chi connectivity index (χ4v) is 3.45. The van der Waals surface area contributed by atoms with Crippen LogP contribution in [0.3, 0.4) is 0 Å². The van der Waals surface area contributed by atoms with Gasteiger partial charge < -0.3 is 9.64 Å². The first-order valence-corrected chi connectivity index (χ1v) is 8.20. The number of hydrogen-bond donors (Lipinski definition) is 0. The predicted molar refractivity (Wildman–Crippen MR) is 83.2 cm³/mol. The summed E-state index contributed by atoms with van der Waals surface area (Å²) in [5, 5.41) is 0. The molecule has 1 aromatic carbocycles. The number of carbonyl (C=O) groups is 1. The lowest BCUT2D eigenvalue weighted by atomic mass is 9.93. The van der Waals surface area contributed by atoms with E-state index >= 15 is 0 Å². The number of amides is 1. The molecule has 114 valence electrons. The summed E-state index contributed by atoms with van der Waals surface area (Å²) in [5.74, 6) is 0.224. The van der Waals surface area contributed by atoms with Crippen molar-refractivity contribution in [1.29, 1.82) is 0 Å². The number of nitrogens with zero attached hydrogens (tertiary/aromatic N) is 1. The summed E-state index contributed by atoms with van der Waals surface area (Å²) in [6.07, 6.45) is 8.59. The third-order valence-corrected chi connectivity index (χ3v) is 4.63. The standard InChI is InChI=1S/C18H25NO2/c1-21-13-14-6-5-7-15(12-14)18(20)19(17-10-11-17)16-8-3-2-4-9-16/h5-7,12,16-17H,2-4,8-11,13H2,1H3. The highest BCUT2D eigenvalue weighted by Gasteiger charge is 2.38. The maximum Gasteiger partial charge on any atom is 0.254 e. The molecule has 0 spiro atoms. The molecule has 0 saturated heterocycles. The van der Waals surface area contributed by atoms with Gasteiger partial charge in [-0.3, -0.25) is 4.79 Å². The van der Waals surface area contributed by atoms with Gasteiger partial charge in [0.05, 0.1) is 6.61 Å². The lowest BCUT2D eigenvalue weighted by Crippen LogP contribution is -2.43. The molecule has 3 nitrogen and oxygen atoms in total. The lowest BCUT2D eigenvalue weighted by Gasteiger charge is -2.34. The van der Waals surface area contributed by atoms with E-state index in [0.717, 1.165) is 11.1 Å². The Morgan fingerprint density at radius 3 is 2.52 bits per heavy atom. The lowest BCUT2D eigenvalue weighted by molar-refractivity contribution is 0.0613. The van der Waals surface area contributed by atoms with E-state index in [0.29, 0.717) is 18.7 Å². The molecular formula is C18H25NO2. The second kappa shape index (κ2) is 6.61. The molecule has 0 unspecified atom stereocenters. The summed E-state index contributed by atoms with van der Waals surface area (Å²) in [6, 6.07) is 8.87. The number of ether oxygens (including phenoxy) is 1. The van der Waals surface area contributed by atoms with E-state index in [-0.39, 0.29) is 5.91 Å². The summed E-state index contributed by atoms with van der Waals surface area (Å²) < 4.78 is 5.17. The van der Waals surface area contributed by atoms with Crippen LogP contribution in [0.15, 0.2) is 24.3 Å². The monoisotopic (exact) mass is 287 g/mol. The van der Waals surface area contributed by atoms with Crippen LogP contribution in [0.25, 0.3) is 0 Å². The quantitative estimate of drug-likeness (QED) is 0.825. The van der Waals surface area contributed by atoms with Crippen molar-refractivity contribution in [1.82, 2.24) is 4.90 Å². The van der Waals surface area contributed by atoms with Crippen LogP contribution in [0.2, 0.25) is 0 Å². The van der Waals surface area contributed by atoms with Crippen molar-refractivity contribution in [2.75, 3.05) is 7.11 Å². The van der Waals surface area contributed by atoms with E-state index < -0.39 is 0 Å². The number of rotatable bonds is 5. The van der Waals surface area contributed by atoms with Gasteiger partial charge in [-0.15, -0.1) is 0 Å². The Morgan fingerprint density at radius 1 is 1.14 bits per heavy atom. The first-order valence-electron chi connectivity index (χ1n) is 8.20. The Kier molecular flexibility index (Phi) is 4.59. The van der Waals surface area contributed by atoms with Gasteiger partial charge in [-0.1, -0.05) is 31.4 Å². The molecule has 0 radical (unpaired) electrons. The normalized spacial score (nSPS) is 19.5. The Bertz CT molecular complexity index is 490. The molecule has 1 amide bonds. The Hall–Kier alpha value is -1.35. The SMILES string of the molecule is COCc1cccc(C(=O)N(C2CCCCC2)C2CC2)c1. The molecule has 0 N–H and O–H groups in total. The first-order chi connectivity index (χ1) is 10.3. The molecule has 0 bridgehead atoms. The molecular weight excluding hydrogens is 262 g/mol. The number of benzene rings is 1. The van der Waals surface area contributed by atoms with E-state index in [1.807, 2.05) is 24.3 Å². The van der Waals surface area contributed by atoms with Crippen LogP contribution >= 0.6 is 0 Å². The third-order valence-electron chi connectivity index (χ3n) is 4.63. The summed E-state index contributed by atoms with van der Waals surface area (Å²) >= 11 is 0. The van der Waals surface area contributed by atoms with Crippen LogP contribution in [0.4, 0.5) is 0 Å². The summed E-state index contributed by atoms with van der Waals surface area (Å²) in [4.78, 5) is 15.2. The van der Waals surface area contributed by atoms with Crippen LogP contribution in [0, 0.1) is 0 Å². The van der Waals surface area contributed by atoms with Crippen molar-refractivity contribution < 1.29 is 9.53 Å². The Morgan fingerprint density at radius 2 is 1.86 bits per heavy atom. The van der Waals surface area contributed by atoms with E-state index in [9.17, 15) is 4.79 Å². The minimum Gasteiger partial charge on any atom is -0.380 e. The van der Waals surface area contributed by atoms with Gasteiger partial charge in [0.15, 0.2) is 0 Å². The molecule has 3 heteroatoms. The van der Waals surface area contributed by atoms with E-state index in [2.05, 4.69) is 4.90 Å². The van der Waals surface area contributed by atoms with Crippen LogP contribution < -0.4 is 0 Å². The van der Waals surface area contributed by atoms with Crippen molar-refractivity contribution >= 4 is 5.91 Å². The van der Waals surface area contributed by atoms with Gasteiger partial charge >= 0.3 is 0 Å². The molecule has 0 aliphatic heterocycles. The molecule has 1 aromatic rings. The van der Waals surface area contributed by atoms with E-state index in [1.165, 1.54) is 44.9 Å². The molecule has 0 heterocycles. The van der Waals surface area contributed by atoms with Crippen molar-refractivity contribution in [3.63, 3.8) is 0 Å². The van der Waals surface area contributed by atoms with Gasteiger partial charge in [-0.05, 0) is 43.4 Å². The van der Waals surface area contributed by atoms with Gasteiger partial charge in [0.25, 0.3) is 5.91 Å². The first kappa shape index (κ1) is 14.6. The van der Waals surface area contributed by atoms with Crippen molar-refractivity contribution in [2.45, 2.75) is 63.6 Å². The topological polar surface area (TPSA) is 29.5 Å². The zero-order valence-corrected chi connectivity index (χ0v) is 12.9. The predicted octanol–water partition coefficient (Wildman–Crippen LogP) is 3.77. The summed E-state index contributed by atoms with van der Waals surface area (Å²) in [7, 11) is 1.69. The highest BCUT2D eigenvalue weighted by atomic mass is 16.5. The van der Waals surface area contributed by atoms with Gasteiger partial charge in [0, 0.05) is 24.8 Å². The summed E-state index contributed by atoms with van der Waals surface area (Å²) in [5.41, 5.74) is 1.89. The minimum atomic E-state index is 0.224. The Labute approximate surface area is 127 Å². The molecule has 2 aliphatic rings. The van der Waals surface area contributed by atoms with Crippen LogP contribution in [-0.4, -0.2) is 30.0 Å². The number of hydrogen-bond acceptors (Lipinski definition) is 2. The number of methoxy groups -OCH3 is 1. The highest BCUT2D eigenvalue weighted by molar-refractivity contribution is 5.95. The van der Waals surface area contributed by atoms with Crippen LogP contribution in [0.5, 0.6) is 0 Å². The van der Waals surface area contributed by atoms with Gasteiger partial charge in [0.1, 0.15) is 0 Å². The summed E-state index contributed by atoms with van der Waals surface area (Å²) in [6.45, 7) is 0.563. The van der Waals surface area contributed by atoms with Gasteiger partial charge in [-0.25, -0.2) is 0 Å². The van der Waals surface area contributed by atoms with Crippen molar-refractivity contribution in [3.8, 4) is 0 Å². The molecule has 2 aliphatic carbocycles. The fraction of sp³-hybridized carbons (Fsp3) is 0.611. The van der Waals surface area contributed by atoms with Gasteiger partial charge in [0.2, 0.25) is 0 Å². The Balaban J connectivity index is 1.78. The molecule has 2 saturated carbocycles. The third kappa shape index (κ3) is 3.46. The zero-order valence-electron chi connectivity index (χ0n) is 12.9. The fourth-order valence-electron chi connectivity index (χ4n) is 3.45. The van der Waals surface area contributed by atoms with E-state index in [4.69, 9.17) is 4.74 Å². The van der Waals surface area contributed by atoms with Gasteiger partial charge in [-0.2, -0.15) is 0 Å². The molecule has 3 rings (SSSR count). The van der Waals surface area contributed by atoms with Crippen LogP contribution in [-0.2, 0) is 11.3 Å². The number of carbonyl (C=O) groups excluding carboxylic acids is 1. The molecule has 0 aromatic heterocycles. The largest absolute Gasteiger partial charge is 0.380 e. The second-order valence-corrected chi connectivity index (χ2v) is 6.37. The van der Waals surface area contributed by atoms with E-state index in [1.54, 1.807) is 7.11 Å². The highest BCUT2D eigenvalue weighted by Crippen LogP contribution is 2.35. The molecule has 2 fully saturated rings. The second-order valence-electron chi connectivity index (χ2n) is 6.37. The zero-order chi connectivity index (χ0) is 14.7. The smallest absolute Gasteiger partial charge is 0.254 e. The minimum absolute atomic E-state index is 0.224. The molecule has 21 heavy (non-hydrogen) atoms. The maximum atomic E-state index is 13.0. The molecule has 0 atom stereocenters. The maximum absolute atomic E-state index is 13.0. The average molecular weight is 287 g/mol. The van der Waals surface area contributed by atoms with Crippen molar-refractivity contribution in [3.05, 3.63) is 35.4 Å². The van der Waals surface area contributed by atoms with Crippen LogP contribution in [0.1, 0.15) is 60.9 Å². The van der Waals surface area contributed by atoms with Crippen molar-refractivity contribution in [2.24, 2.45) is 0 Å². The average Bonchev–Trinajstić information content (AvgIpc) is 3.34.